The van der Waals surface area contributed by atoms with Crippen LogP contribution >= 0.6 is 11.8 Å². The molecule has 1 N–H and O–H groups in total. The van der Waals surface area contributed by atoms with Gasteiger partial charge in [-0.15, -0.1) is 0 Å². The standard InChI is InChI=1S/C14H16FN3S/c1-2-7-16-9-11-4-3-5-12(15)14(11)19-13-6-8-17-10-18-13/h3-6,8,10,16H,2,7,9H2,1H3. The van der Waals surface area contributed by atoms with E-state index in [1.807, 2.05) is 6.07 Å². The van der Waals surface area contributed by atoms with Gasteiger partial charge in [0.15, 0.2) is 0 Å². The molecule has 0 unspecified atom stereocenters. The van der Waals surface area contributed by atoms with Gasteiger partial charge in [-0.1, -0.05) is 30.8 Å². The minimum Gasteiger partial charge on any atom is -0.313 e. The molecular formula is C14H16FN3S. The predicted octanol–water partition coefficient (Wildman–Crippen LogP) is 3.27. The molecule has 3 nitrogen and oxygen atoms in total. The van der Waals surface area contributed by atoms with Crippen LogP contribution in [-0.4, -0.2) is 16.5 Å². The van der Waals surface area contributed by atoms with Crippen LogP contribution in [0.1, 0.15) is 18.9 Å². The molecule has 2 aromatic rings. The molecule has 5 heteroatoms. The molecule has 1 heterocycles. The van der Waals surface area contributed by atoms with Gasteiger partial charge < -0.3 is 5.32 Å². The molecule has 0 amide bonds. The van der Waals surface area contributed by atoms with E-state index in [1.165, 1.54) is 24.2 Å². The van der Waals surface area contributed by atoms with Crippen molar-refractivity contribution in [1.29, 1.82) is 0 Å². The number of nitrogens with one attached hydrogen (secondary N) is 1. The second-order valence-corrected chi connectivity index (χ2v) is 5.09. The third kappa shape index (κ3) is 4.01. The Morgan fingerprint density at radius 3 is 2.95 bits per heavy atom. The molecule has 0 aliphatic rings. The van der Waals surface area contributed by atoms with Crippen molar-refractivity contribution in [1.82, 2.24) is 15.3 Å². The zero-order valence-electron chi connectivity index (χ0n) is 10.8. The molecular weight excluding hydrogens is 261 g/mol. The van der Waals surface area contributed by atoms with E-state index in [0.29, 0.717) is 11.4 Å². The Morgan fingerprint density at radius 2 is 2.21 bits per heavy atom. The quantitative estimate of drug-likeness (QED) is 0.649. The third-order valence-corrected chi connectivity index (χ3v) is 3.66. The number of rotatable bonds is 6. The summed E-state index contributed by atoms with van der Waals surface area (Å²) >= 11 is 1.33. The Balaban J connectivity index is 2.18. The van der Waals surface area contributed by atoms with Gasteiger partial charge in [0.1, 0.15) is 17.2 Å². The van der Waals surface area contributed by atoms with E-state index in [2.05, 4.69) is 22.2 Å². The van der Waals surface area contributed by atoms with E-state index in [9.17, 15) is 4.39 Å². The summed E-state index contributed by atoms with van der Waals surface area (Å²) in [5.74, 6) is -0.209. The third-order valence-electron chi connectivity index (χ3n) is 2.55. The molecule has 1 aromatic carbocycles. The average molecular weight is 277 g/mol. The first-order valence-corrected chi connectivity index (χ1v) is 7.05. The summed E-state index contributed by atoms with van der Waals surface area (Å²) in [5, 5.41) is 4.04. The molecule has 100 valence electrons. The van der Waals surface area contributed by atoms with Crippen molar-refractivity contribution in [2.45, 2.75) is 29.8 Å². The maximum absolute atomic E-state index is 14.0. The van der Waals surface area contributed by atoms with Gasteiger partial charge in [0.2, 0.25) is 0 Å². The number of halogens is 1. The minimum absolute atomic E-state index is 0.209. The minimum atomic E-state index is -0.209. The van der Waals surface area contributed by atoms with Gasteiger partial charge in [-0.05, 0) is 30.7 Å². The Kier molecular flexibility index (Phi) is 5.30. The van der Waals surface area contributed by atoms with Crippen molar-refractivity contribution in [2.75, 3.05) is 6.54 Å². The van der Waals surface area contributed by atoms with E-state index in [-0.39, 0.29) is 5.82 Å². The largest absolute Gasteiger partial charge is 0.313 e. The van der Waals surface area contributed by atoms with Gasteiger partial charge in [0.25, 0.3) is 0 Å². The topological polar surface area (TPSA) is 37.8 Å². The number of hydrogen-bond acceptors (Lipinski definition) is 4. The van der Waals surface area contributed by atoms with Crippen molar-refractivity contribution < 1.29 is 4.39 Å². The van der Waals surface area contributed by atoms with Gasteiger partial charge in [0, 0.05) is 12.7 Å². The highest BCUT2D eigenvalue weighted by molar-refractivity contribution is 7.99. The molecule has 0 radical (unpaired) electrons. The number of hydrogen-bond donors (Lipinski definition) is 1. The predicted molar refractivity (Wildman–Crippen MR) is 74.6 cm³/mol. The summed E-state index contributed by atoms with van der Waals surface area (Å²) < 4.78 is 14.0. The van der Waals surface area contributed by atoms with Gasteiger partial charge >= 0.3 is 0 Å². The van der Waals surface area contributed by atoms with E-state index in [1.54, 1.807) is 18.3 Å². The highest BCUT2D eigenvalue weighted by Gasteiger charge is 2.10. The first-order valence-electron chi connectivity index (χ1n) is 6.23. The summed E-state index contributed by atoms with van der Waals surface area (Å²) in [6.07, 6.45) is 4.19. The van der Waals surface area contributed by atoms with Crippen molar-refractivity contribution in [3.63, 3.8) is 0 Å². The Labute approximate surface area is 116 Å². The fourth-order valence-electron chi connectivity index (χ4n) is 1.65. The molecule has 0 aliphatic carbocycles. The van der Waals surface area contributed by atoms with E-state index < -0.39 is 0 Å². The van der Waals surface area contributed by atoms with Crippen LogP contribution in [0.15, 0.2) is 46.7 Å². The Morgan fingerprint density at radius 1 is 1.32 bits per heavy atom. The molecule has 2 rings (SSSR count). The van der Waals surface area contributed by atoms with Crippen LogP contribution in [0.25, 0.3) is 0 Å². The monoisotopic (exact) mass is 277 g/mol. The number of benzene rings is 1. The van der Waals surface area contributed by atoms with Gasteiger partial charge in [0.05, 0.1) is 4.90 Å². The maximum Gasteiger partial charge on any atom is 0.137 e. The molecule has 0 bridgehead atoms. The molecule has 0 saturated heterocycles. The molecule has 0 saturated carbocycles. The van der Waals surface area contributed by atoms with E-state index in [4.69, 9.17) is 0 Å². The van der Waals surface area contributed by atoms with E-state index in [0.717, 1.165) is 23.6 Å². The second-order valence-electron chi connectivity index (χ2n) is 4.05. The van der Waals surface area contributed by atoms with Crippen LogP contribution in [0.4, 0.5) is 4.39 Å². The van der Waals surface area contributed by atoms with Crippen LogP contribution in [0, 0.1) is 5.82 Å². The fraction of sp³-hybridized carbons (Fsp3) is 0.286. The lowest BCUT2D eigenvalue weighted by Crippen LogP contribution is -2.14. The number of aromatic nitrogens is 2. The smallest absolute Gasteiger partial charge is 0.137 e. The SMILES string of the molecule is CCCNCc1cccc(F)c1Sc1ccncn1. The molecule has 19 heavy (non-hydrogen) atoms. The van der Waals surface area contributed by atoms with Gasteiger partial charge in [-0.3, -0.25) is 0 Å². The highest BCUT2D eigenvalue weighted by atomic mass is 32.2. The normalized spacial score (nSPS) is 10.6. The van der Waals surface area contributed by atoms with E-state index >= 15 is 0 Å². The highest BCUT2D eigenvalue weighted by Crippen LogP contribution is 2.31. The molecule has 1 aromatic heterocycles. The molecule has 0 spiro atoms. The lowest BCUT2D eigenvalue weighted by atomic mass is 10.2. The summed E-state index contributed by atoms with van der Waals surface area (Å²) in [4.78, 5) is 8.61. The van der Waals surface area contributed by atoms with Crippen molar-refractivity contribution in [3.8, 4) is 0 Å². The first-order chi connectivity index (χ1) is 9.31. The Hall–Kier alpha value is -1.46. The second kappa shape index (κ2) is 7.21. The van der Waals surface area contributed by atoms with Crippen LogP contribution in [0.2, 0.25) is 0 Å². The Bertz CT molecular complexity index is 519. The zero-order valence-corrected chi connectivity index (χ0v) is 11.6. The summed E-state index contributed by atoms with van der Waals surface area (Å²) in [7, 11) is 0. The van der Waals surface area contributed by atoms with Crippen LogP contribution in [-0.2, 0) is 6.54 Å². The molecule has 0 atom stereocenters. The van der Waals surface area contributed by atoms with Gasteiger partial charge in [-0.25, -0.2) is 14.4 Å². The van der Waals surface area contributed by atoms with Crippen LogP contribution in [0.3, 0.4) is 0 Å². The average Bonchev–Trinajstić information content (AvgIpc) is 2.44. The van der Waals surface area contributed by atoms with Crippen molar-refractivity contribution >= 4 is 11.8 Å². The summed E-state index contributed by atoms with van der Waals surface area (Å²) in [6.45, 7) is 3.70. The van der Waals surface area contributed by atoms with Gasteiger partial charge in [-0.2, -0.15) is 0 Å². The lowest BCUT2D eigenvalue weighted by Gasteiger charge is -2.10. The van der Waals surface area contributed by atoms with Crippen LogP contribution < -0.4 is 5.32 Å². The number of nitrogens with zero attached hydrogens (tertiary/aromatic N) is 2. The first kappa shape index (κ1) is 14.0. The summed E-state index contributed by atoms with van der Waals surface area (Å²) in [6, 6.07) is 6.94. The van der Waals surface area contributed by atoms with Crippen molar-refractivity contribution in [3.05, 3.63) is 48.2 Å². The molecule has 0 fully saturated rings. The zero-order chi connectivity index (χ0) is 13.5. The lowest BCUT2D eigenvalue weighted by molar-refractivity contribution is 0.588. The molecule has 0 aliphatic heterocycles. The van der Waals surface area contributed by atoms with Crippen LogP contribution in [0.5, 0.6) is 0 Å². The summed E-state index contributed by atoms with van der Waals surface area (Å²) in [5.41, 5.74) is 0.956. The fourth-order valence-corrected chi connectivity index (χ4v) is 2.53. The van der Waals surface area contributed by atoms with Crippen molar-refractivity contribution in [2.24, 2.45) is 0 Å². The maximum atomic E-state index is 14.0.